The van der Waals surface area contributed by atoms with E-state index < -0.39 is 5.60 Å². The molecule has 1 aliphatic heterocycles. The fraction of sp³-hybridized carbons (Fsp3) is 0.526. The van der Waals surface area contributed by atoms with Crippen LogP contribution < -0.4 is 10.6 Å². The van der Waals surface area contributed by atoms with E-state index in [2.05, 4.69) is 10.6 Å². The molecule has 142 valence electrons. The van der Waals surface area contributed by atoms with Crippen LogP contribution in [0.25, 0.3) is 0 Å². The van der Waals surface area contributed by atoms with E-state index in [4.69, 9.17) is 4.74 Å². The van der Waals surface area contributed by atoms with Gasteiger partial charge in [-0.25, -0.2) is 4.79 Å². The fourth-order valence-electron chi connectivity index (χ4n) is 2.78. The monoisotopic (exact) mass is 361 g/mol. The lowest BCUT2D eigenvalue weighted by Gasteiger charge is -2.33. The Bertz CT molecular complexity index is 664. The Labute approximate surface area is 154 Å². The number of amides is 3. The van der Waals surface area contributed by atoms with Crippen molar-refractivity contribution in [1.29, 1.82) is 0 Å². The number of hydrogen-bond donors (Lipinski definition) is 2. The highest BCUT2D eigenvalue weighted by molar-refractivity contribution is 5.96. The van der Waals surface area contributed by atoms with E-state index in [1.807, 2.05) is 20.8 Å². The second-order valence-corrected chi connectivity index (χ2v) is 7.41. The summed E-state index contributed by atoms with van der Waals surface area (Å²) in [4.78, 5) is 37.9. The van der Waals surface area contributed by atoms with E-state index >= 15 is 0 Å². The van der Waals surface area contributed by atoms with E-state index in [9.17, 15) is 14.4 Å². The van der Waals surface area contributed by atoms with Gasteiger partial charge in [-0.1, -0.05) is 0 Å². The molecule has 0 saturated carbocycles. The van der Waals surface area contributed by atoms with Crippen molar-refractivity contribution >= 4 is 23.6 Å². The van der Waals surface area contributed by atoms with Crippen LogP contribution >= 0.6 is 0 Å². The van der Waals surface area contributed by atoms with Gasteiger partial charge < -0.3 is 20.3 Å². The summed E-state index contributed by atoms with van der Waals surface area (Å²) >= 11 is 0. The van der Waals surface area contributed by atoms with Gasteiger partial charge in [0.05, 0.1) is 5.92 Å². The van der Waals surface area contributed by atoms with E-state index in [0.717, 1.165) is 12.8 Å². The molecule has 0 aliphatic carbocycles. The summed E-state index contributed by atoms with van der Waals surface area (Å²) in [5.74, 6) is -0.594. The third-order valence-corrected chi connectivity index (χ3v) is 4.09. The van der Waals surface area contributed by atoms with Gasteiger partial charge in [0.1, 0.15) is 5.60 Å². The highest BCUT2D eigenvalue weighted by atomic mass is 16.6. The largest absolute Gasteiger partial charge is 0.444 e. The summed E-state index contributed by atoms with van der Waals surface area (Å²) in [6, 6.07) is 6.69. The molecule has 1 saturated heterocycles. The number of likely N-dealkylation sites (tertiary alicyclic amines) is 1. The molecule has 7 nitrogen and oxygen atoms in total. The Kier molecular flexibility index (Phi) is 6.23. The van der Waals surface area contributed by atoms with Gasteiger partial charge in [0, 0.05) is 31.4 Å². The summed E-state index contributed by atoms with van der Waals surface area (Å²) in [6.07, 6.45) is 1.10. The van der Waals surface area contributed by atoms with Gasteiger partial charge >= 0.3 is 6.09 Å². The lowest BCUT2D eigenvalue weighted by Crippen LogP contribution is -2.45. The molecule has 0 aromatic heterocycles. The zero-order chi connectivity index (χ0) is 19.3. The van der Waals surface area contributed by atoms with Gasteiger partial charge in [0.15, 0.2) is 0 Å². The Morgan fingerprint density at radius 1 is 1.15 bits per heavy atom. The molecule has 2 rings (SSSR count). The molecule has 7 heteroatoms. The van der Waals surface area contributed by atoms with E-state index in [0.29, 0.717) is 24.3 Å². The van der Waals surface area contributed by atoms with Gasteiger partial charge in [0.25, 0.3) is 5.91 Å². The number of nitrogens with one attached hydrogen (secondary N) is 2. The van der Waals surface area contributed by atoms with Crippen molar-refractivity contribution in [3.8, 4) is 0 Å². The number of ether oxygens (including phenoxy) is 1. The van der Waals surface area contributed by atoms with E-state index in [1.54, 1.807) is 36.2 Å². The zero-order valence-electron chi connectivity index (χ0n) is 15.8. The Morgan fingerprint density at radius 3 is 2.38 bits per heavy atom. The van der Waals surface area contributed by atoms with Gasteiger partial charge in [-0.2, -0.15) is 0 Å². The average molecular weight is 361 g/mol. The molecular formula is C19H27N3O4. The van der Waals surface area contributed by atoms with Crippen molar-refractivity contribution in [2.24, 2.45) is 5.92 Å². The number of rotatable bonds is 3. The number of carbonyl (C=O) groups excluding carboxylic acids is 3. The first-order valence-corrected chi connectivity index (χ1v) is 8.80. The lowest BCUT2D eigenvalue weighted by molar-refractivity contribution is -0.121. The summed E-state index contributed by atoms with van der Waals surface area (Å²) in [7, 11) is 1.57. The molecule has 2 N–H and O–H groups in total. The molecule has 1 atom stereocenters. The third-order valence-electron chi connectivity index (χ3n) is 4.09. The molecule has 0 radical (unpaired) electrons. The van der Waals surface area contributed by atoms with Gasteiger partial charge in [-0.05, 0) is 57.9 Å². The van der Waals surface area contributed by atoms with E-state index in [-0.39, 0.29) is 23.8 Å². The molecule has 3 amide bonds. The maximum absolute atomic E-state index is 12.5. The van der Waals surface area contributed by atoms with Crippen LogP contribution in [0.2, 0.25) is 0 Å². The summed E-state index contributed by atoms with van der Waals surface area (Å²) in [5, 5.41) is 5.40. The highest BCUT2D eigenvalue weighted by Gasteiger charge is 2.31. The maximum atomic E-state index is 12.5. The Hall–Kier alpha value is -2.57. The molecule has 1 heterocycles. The molecule has 0 spiro atoms. The average Bonchev–Trinajstić information content (AvgIpc) is 2.60. The van der Waals surface area contributed by atoms with Gasteiger partial charge in [-0.15, -0.1) is 0 Å². The second-order valence-electron chi connectivity index (χ2n) is 7.41. The number of anilines is 1. The smallest absolute Gasteiger partial charge is 0.410 e. The quantitative estimate of drug-likeness (QED) is 0.866. The second kappa shape index (κ2) is 8.21. The topological polar surface area (TPSA) is 87.7 Å². The first-order valence-electron chi connectivity index (χ1n) is 8.80. The maximum Gasteiger partial charge on any atom is 0.410 e. The first kappa shape index (κ1) is 19.8. The predicted molar refractivity (Wildman–Crippen MR) is 99.0 cm³/mol. The third kappa shape index (κ3) is 5.47. The summed E-state index contributed by atoms with van der Waals surface area (Å²) in [6.45, 7) is 6.40. The fourth-order valence-corrected chi connectivity index (χ4v) is 2.78. The summed E-state index contributed by atoms with van der Waals surface area (Å²) < 4.78 is 5.39. The van der Waals surface area contributed by atoms with Crippen molar-refractivity contribution in [2.45, 2.75) is 39.2 Å². The van der Waals surface area contributed by atoms with Crippen molar-refractivity contribution < 1.29 is 19.1 Å². The zero-order valence-corrected chi connectivity index (χ0v) is 15.8. The van der Waals surface area contributed by atoms with Crippen LogP contribution in [0.1, 0.15) is 44.0 Å². The van der Waals surface area contributed by atoms with Crippen LogP contribution in [0, 0.1) is 5.92 Å². The van der Waals surface area contributed by atoms with Gasteiger partial charge in [-0.3, -0.25) is 9.59 Å². The van der Waals surface area contributed by atoms with Crippen molar-refractivity contribution in [1.82, 2.24) is 10.2 Å². The number of hydrogen-bond acceptors (Lipinski definition) is 4. The molecule has 0 bridgehead atoms. The Balaban J connectivity index is 1.94. The molecule has 1 fully saturated rings. The number of carbonyl (C=O) groups is 3. The van der Waals surface area contributed by atoms with Crippen LogP contribution in [0.15, 0.2) is 24.3 Å². The van der Waals surface area contributed by atoms with Crippen LogP contribution in [0.3, 0.4) is 0 Å². The van der Waals surface area contributed by atoms with E-state index in [1.165, 1.54) is 0 Å². The normalized spacial score (nSPS) is 17.4. The van der Waals surface area contributed by atoms with Crippen molar-refractivity contribution in [3.05, 3.63) is 29.8 Å². The van der Waals surface area contributed by atoms with Crippen LogP contribution in [-0.2, 0) is 9.53 Å². The first-order chi connectivity index (χ1) is 12.2. The number of benzene rings is 1. The van der Waals surface area contributed by atoms with Crippen LogP contribution in [-0.4, -0.2) is 48.5 Å². The number of piperidine rings is 1. The minimum atomic E-state index is -0.557. The molecule has 1 aromatic carbocycles. The highest BCUT2D eigenvalue weighted by Crippen LogP contribution is 2.21. The minimum Gasteiger partial charge on any atom is -0.444 e. The number of nitrogens with zero attached hydrogens (tertiary/aromatic N) is 1. The lowest BCUT2D eigenvalue weighted by atomic mass is 9.97. The molecule has 1 unspecified atom stereocenters. The van der Waals surface area contributed by atoms with Crippen LogP contribution in [0.4, 0.5) is 10.5 Å². The van der Waals surface area contributed by atoms with Crippen molar-refractivity contribution in [3.63, 3.8) is 0 Å². The van der Waals surface area contributed by atoms with Gasteiger partial charge in [0.2, 0.25) is 5.91 Å². The van der Waals surface area contributed by atoms with Crippen LogP contribution in [0.5, 0.6) is 0 Å². The predicted octanol–water partition coefficient (Wildman–Crippen LogP) is 2.63. The summed E-state index contributed by atoms with van der Waals surface area (Å²) in [5.41, 5.74) is 0.593. The minimum absolute atomic E-state index is 0.133. The van der Waals surface area contributed by atoms with Crippen molar-refractivity contribution in [2.75, 3.05) is 25.5 Å². The molecule has 1 aliphatic rings. The Morgan fingerprint density at radius 2 is 1.81 bits per heavy atom. The molecule has 1 aromatic rings. The standard InChI is InChI=1S/C19H27N3O4/c1-19(2,3)26-18(25)22-11-5-6-14(12-22)17(24)21-15-9-7-13(8-10-15)16(23)20-4/h7-10,14H,5-6,11-12H2,1-4H3,(H,20,23)(H,21,24). The SMILES string of the molecule is CNC(=O)c1ccc(NC(=O)C2CCCN(C(=O)OC(C)(C)C)C2)cc1. The molecular weight excluding hydrogens is 334 g/mol. The molecule has 26 heavy (non-hydrogen) atoms.